The van der Waals surface area contributed by atoms with Gasteiger partial charge in [-0.15, -0.1) is 0 Å². The molecule has 0 aromatic heterocycles. The molecule has 0 fully saturated rings. The van der Waals surface area contributed by atoms with Gasteiger partial charge in [-0.1, -0.05) is 60.7 Å². The number of benzene rings is 2. The molecule has 0 heterocycles. The molecule has 2 aromatic rings. The Kier molecular flexibility index (Phi) is 5.09. The molecule has 0 bridgehead atoms. The molecule has 4 nitrogen and oxygen atoms in total. The van der Waals surface area contributed by atoms with Crippen LogP contribution in [-0.2, 0) is 15.1 Å². The highest BCUT2D eigenvalue weighted by Gasteiger charge is 2.39. The Labute approximate surface area is 124 Å². The standard InChI is InChI=1S/C17H19NO3/c1-21-13-12-18-16(19)17(20,14-8-4-2-5-9-14)15-10-6-3-7-11-15/h2-11,20H,12-13H2,1H3,(H,18,19). The van der Waals surface area contributed by atoms with Crippen LogP contribution in [-0.4, -0.2) is 31.3 Å². The maximum absolute atomic E-state index is 12.5. The van der Waals surface area contributed by atoms with Gasteiger partial charge < -0.3 is 15.2 Å². The first-order valence-corrected chi connectivity index (χ1v) is 6.80. The first kappa shape index (κ1) is 15.2. The van der Waals surface area contributed by atoms with E-state index in [1.807, 2.05) is 12.1 Å². The lowest BCUT2D eigenvalue weighted by Crippen LogP contribution is -2.46. The molecule has 0 saturated heterocycles. The number of carbonyl (C=O) groups excluding carboxylic acids is 1. The quantitative estimate of drug-likeness (QED) is 0.794. The molecule has 2 rings (SSSR count). The Morgan fingerprint density at radius 1 is 1.05 bits per heavy atom. The van der Waals surface area contributed by atoms with Gasteiger partial charge in [0.05, 0.1) is 6.61 Å². The highest BCUT2D eigenvalue weighted by Crippen LogP contribution is 2.29. The number of ether oxygens (including phenoxy) is 1. The Balaban J connectivity index is 2.38. The minimum absolute atomic E-state index is 0.345. The summed E-state index contributed by atoms with van der Waals surface area (Å²) in [5, 5.41) is 13.8. The van der Waals surface area contributed by atoms with E-state index in [9.17, 15) is 9.90 Å². The van der Waals surface area contributed by atoms with Crippen LogP contribution < -0.4 is 5.32 Å². The average molecular weight is 285 g/mol. The van der Waals surface area contributed by atoms with Crippen LogP contribution in [0.4, 0.5) is 0 Å². The summed E-state index contributed by atoms with van der Waals surface area (Å²) in [6.45, 7) is 0.739. The van der Waals surface area contributed by atoms with Crippen molar-refractivity contribution in [1.82, 2.24) is 5.32 Å². The molecule has 0 aliphatic heterocycles. The van der Waals surface area contributed by atoms with E-state index >= 15 is 0 Å². The molecule has 0 aliphatic rings. The van der Waals surface area contributed by atoms with Crippen molar-refractivity contribution in [3.8, 4) is 0 Å². The van der Waals surface area contributed by atoms with Gasteiger partial charge in [0.2, 0.25) is 0 Å². The van der Waals surface area contributed by atoms with Crippen LogP contribution in [0, 0.1) is 0 Å². The van der Waals surface area contributed by atoms with Gasteiger partial charge in [0.15, 0.2) is 5.60 Å². The summed E-state index contributed by atoms with van der Waals surface area (Å²) in [7, 11) is 1.56. The van der Waals surface area contributed by atoms with E-state index < -0.39 is 11.5 Å². The van der Waals surface area contributed by atoms with Crippen molar-refractivity contribution < 1.29 is 14.6 Å². The fourth-order valence-electron chi connectivity index (χ4n) is 2.18. The van der Waals surface area contributed by atoms with Crippen LogP contribution in [0.2, 0.25) is 0 Å². The van der Waals surface area contributed by atoms with Crippen LogP contribution in [0.25, 0.3) is 0 Å². The molecule has 0 radical (unpaired) electrons. The highest BCUT2D eigenvalue weighted by molar-refractivity contribution is 5.90. The van der Waals surface area contributed by atoms with Gasteiger partial charge >= 0.3 is 0 Å². The predicted octanol–water partition coefficient (Wildman–Crippen LogP) is 1.69. The minimum atomic E-state index is -1.71. The normalized spacial score (nSPS) is 11.1. The lowest BCUT2D eigenvalue weighted by Gasteiger charge is -2.28. The largest absolute Gasteiger partial charge is 0.383 e. The summed E-state index contributed by atoms with van der Waals surface area (Å²) in [6, 6.07) is 17.8. The van der Waals surface area contributed by atoms with E-state index in [-0.39, 0.29) is 0 Å². The van der Waals surface area contributed by atoms with Crippen molar-refractivity contribution in [2.24, 2.45) is 0 Å². The molecular weight excluding hydrogens is 266 g/mol. The van der Waals surface area contributed by atoms with Gasteiger partial charge in [0.1, 0.15) is 0 Å². The Morgan fingerprint density at radius 3 is 1.95 bits per heavy atom. The van der Waals surface area contributed by atoms with E-state index in [1.165, 1.54) is 0 Å². The minimum Gasteiger partial charge on any atom is -0.383 e. The zero-order chi connectivity index (χ0) is 15.1. The average Bonchev–Trinajstić information content (AvgIpc) is 2.56. The summed E-state index contributed by atoms with van der Waals surface area (Å²) < 4.78 is 4.92. The zero-order valence-electron chi connectivity index (χ0n) is 12.0. The molecule has 2 aromatic carbocycles. The summed E-state index contributed by atoms with van der Waals surface area (Å²) in [5.74, 6) is -0.461. The van der Waals surface area contributed by atoms with Gasteiger partial charge in [-0.3, -0.25) is 4.79 Å². The number of hydrogen-bond donors (Lipinski definition) is 2. The number of rotatable bonds is 6. The number of carbonyl (C=O) groups is 1. The summed E-state index contributed by atoms with van der Waals surface area (Å²) in [5.41, 5.74) is -0.645. The second kappa shape index (κ2) is 7.02. The third-order valence-corrected chi connectivity index (χ3v) is 3.30. The highest BCUT2D eigenvalue weighted by atomic mass is 16.5. The second-order valence-corrected chi connectivity index (χ2v) is 4.69. The first-order chi connectivity index (χ1) is 10.2. The SMILES string of the molecule is COCCNC(=O)C(O)(c1ccccc1)c1ccccc1. The van der Waals surface area contributed by atoms with Gasteiger partial charge in [0, 0.05) is 13.7 Å². The first-order valence-electron chi connectivity index (χ1n) is 6.80. The van der Waals surface area contributed by atoms with E-state index in [0.717, 1.165) is 0 Å². The molecule has 0 spiro atoms. The predicted molar refractivity (Wildman–Crippen MR) is 80.8 cm³/mol. The van der Waals surface area contributed by atoms with Crippen molar-refractivity contribution in [1.29, 1.82) is 0 Å². The van der Waals surface area contributed by atoms with E-state index in [0.29, 0.717) is 24.3 Å². The van der Waals surface area contributed by atoms with Gasteiger partial charge in [-0.2, -0.15) is 0 Å². The maximum Gasteiger partial charge on any atom is 0.261 e. The topological polar surface area (TPSA) is 58.6 Å². The molecule has 0 saturated carbocycles. The summed E-state index contributed by atoms with van der Waals surface area (Å²) in [4.78, 5) is 12.5. The van der Waals surface area contributed by atoms with Crippen LogP contribution in [0.5, 0.6) is 0 Å². The van der Waals surface area contributed by atoms with E-state index in [1.54, 1.807) is 55.6 Å². The number of methoxy groups -OCH3 is 1. The Bertz CT molecular complexity index is 530. The van der Waals surface area contributed by atoms with Gasteiger partial charge in [-0.25, -0.2) is 0 Å². The second-order valence-electron chi connectivity index (χ2n) is 4.69. The fourth-order valence-corrected chi connectivity index (χ4v) is 2.18. The fraction of sp³-hybridized carbons (Fsp3) is 0.235. The smallest absolute Gasteiger partial charge is 0.261 e. The van der Waals surface area contributed by atoms with Gasteiger partial charge in [-0.05, 0) is 11.1 Å². The molecule has 0 aliphatic carbocycles. The molecule has 0 atom stereocenters. The third kappa shape index (κ3) is 3.29. The summed E-state index contributed by atoms with van der Waals surface area (Å²) in [6.07, 6.45) is 0. The molecule has 1 amide bonds. The van der Waals surface area contributed by atoms with Crippen LogP contribution >= 0.6 is 0 Å². The lowest BCUT2D eigenvalue weighted by molar-refractivity contribution is -0.136. The molecule has 4 heteroatoms. The molecule has 110 valence electrons. The Morgan fingerprint density at radius 2 is 1.52 bits per heavy atom. The van der Waals surface area contributed by atoms with Crippen LogP contribution in [0.15, 0.2) is 60.7 Å². The van der Waals surface area contributed by atoms with Crippen molar-refractivity contribution in [3.63, 3.8) is 0 Å². The Hall–Kier alpha value is -2.17. The number of aliphatic hydroxyl groups is 1. The molecule has 21 heavy (non-hydrogen) atoms. The maximum atomic E-state index is 12.5. The lowest BCUT2D eigenvalue weighted by atomic mass is 9.85. The van der Waals surface area contributed by atoms with Crippen LogP contribution in [0.3, 0.4) is 0 Å². The van der Waals surface area contributed by atoms with E-state index in [4.69, 9.17) is 4.74 Å². The van der Waals surface area contributed by atoms with Crippen molar-refractivity contribution in [2.45, 2.75) is 5.60 Å². The zero-order valence-corrected chi connectivity index (χ0v) is 12.0. The number of amides is 1. The van der Waals surface area contributed by atoms with Gasteiger partial charge in [0.25, 0.3) is 5.91 Å². The third-order valence-electron chi connectivity index (χ3n) is 3.30. The van der Waals surface area contributed by atoms with Crippen molar-refractivity contribution >= 4 is 5.91 Å². The molecule has 2 N–H and O–H groups in total. The van der Waals surface area contributed by atoms with Crippen molar-refractivity contribution in [3.05, 3.63) is 71.8 Å². The molecular formula is C17H19NO3. The number of hydrogen-bond acceptors (Lipinski definition) is 3. The number of nitrogens with one attached hydrogen (secondary N) is 1. The van der Waals surface area contributed by atoms with Crippen LogP contribution in [0.1, 0.15) is 11.1 Å². The van der Waals surface area contributed by atoms with Crippen molar-refractivity contribution in [2.75, 3.05) is 20.3 Å². The molecule has 0 unspecified atom stereocenters. The monoisotopic (exact) mass is 285 g/mol. The van der Waals surface area contributed by atoms with E-state index in [2.05, 4.69) is 5.32 Å². The summed E-state index contributed by atoms with van der Waals surface area (Å²) >= 11 is 0.